The van der Waals surface area contributed by atoms with E-state index < -0.39 is 49.1 Å². The van der Waals surface area contributed by atoms with Crippen LogP contribution in [0.1, 0.15) is 92.3 Å². The zero-order valence-electron chi connectivity index (χ0n) is 39.7. The second-order valence-electron chi connectivity index (χ2n) is 17.2. The van der Waals surface area contributed by atoms with Crippen molar-refractivity contribution in [1.82, 2.24) is 0 Å². The van der Waals surface area contributed by atoms with E-state index in [0.717, 1.165) is 17.1 Å². The number of benzene rings is 3. The largest absolute Gasteiger partial charge is 0.481 e. The van der Waals surface area contributed by atoms with Gasteiger partial charge in [-0.25, -0.2) is 14.4 Å². The molecule has 3 rings (SSSR count). The predicted octanol–water partition coefficient (Wildman–Crippen LogP) is 8.99. The van der Waals surface area contributed by atoms with Gasteiger partial charge in [0.25, 0.3) is 0 Å². The highest BCUT2D eigenvalue weighted by Gasteiger charge is 2.33. The number of carboxylic acid groups (broad SMARTS) is 1. The Kier molecular flexibility index (Phi) is 20.2. The van der Waals surface area contributed by atoms with Crippen LogP contribution in [0.5, 0.6) is 0 Å². The van der Waals surface area contributed by atoms with Crippen molar-refractivity contribution in [2.45, 2.75) is 99.8 Å². The van der Waals surface area contributed by atoms with Gasteiger partial charge in [-0.1, -0.05) is 36.4 Å². The summed E-state index contributed by atoms with van der Waals surface area (Å²) in [6.07, 6.45) is 4.07. The Morgan fingerprint density at radius 1 is 0.561 bits per heavy atom. The van der Waals surface area contributed by atoms with E-state index in [1.165, 1.54) is 25.2 Å². The van der Waals surface area contributed by atoms with Gasteiger partial charge in [0.15, 0.2) is 0 Å². The summed E-state index contributed by atoms with van der Waals surface area (Å²) < 4.78 is 16.8. The standard InChI is InChI=1S/C52H62N6O8/c1-11-56(25-24-48(59)60)45-18-12-39(13-19-45)26-42(29-53)49(61)64-32-52(10,33-65-50(62)43(30-54)27-40-14-20-46(21-15-40)57(35(2)3)36(4)5)34-66-51(63)44(31-55)28-41-16-22-47(23-17-41)58(37(6)7)38(8)9/h12-23,26-28,35-38H,11,24-25,32-34H2,1-10H3,(H,59,60)/b42-26+,43-27+,44-28+. The number of rotatable bonds is 23. The van der Waals surface area contributed by atoms with E-state index in [2.05, 4.69) is 65.2 Å². The average Bonchev–Trinajstić information content (AvgIpc) is 3.28. The van der Waals surface area contributed by atoms with Crippen LogP contribution in [0.4, 0.5) is 17.1 Å². The number of carbonyl (C=O) groups excluding carboxylic acids is 3. The molecule has 0 aliphatic carbocycles. The molecule has 0 saturated carbocycles. The number of esters is 3. The molecular formula is C52H62N6O8. The third kappa shape index (κ3) is 15.7. The third-order valence-corrected chi connectivity index (χ3v) is 10.5. The minimum absolute atomic E-state index is 0.0425. The summed E-state index contributed by atoms with van der Waals surface area (Å²) in [4.78, 5) is 57.6. The van der Waals surface area contributed by atoms with Crippen LogP contribution in [-0.4, -0.2) is 86.1 Å². The fourth-order valence-electron chi connectivity index (χ4n) is 7.34. The van der Waals surface area contributed by atoms with E-state index in [0.29, 0.717) is 29.8 Å². The Bertz CT molecular complexity index is 2240. The lowest BCUT2D eigenvalue weighted by molar-refractivity contribution is -0.155. The lowest BCUT2D eigenvalue weighted by Gasteiger charge is -2.33. The van der Waals surface area contributed by atoms with Gasteiger partial charge in [0.2, 0.25) is 0 Å². The highest BCUT2D eigenvalue weighted by molar-refractivity contribution is 5.99. The Labute approximate surface area is 389 Å². The first-order chi connectivity index (χ1) is 31.3. The molecule has 3 aromatic rings. The molecule has 1 N–H and O–H groups in total. The molecule has 0 unspecified atom stereocenters. The van der Waals surface area contributed by atoms with Crippen LogP contribution in [0.2, 0.25) is 0 Å². The Morgan fingerprint density at radius 3 is 1.09 bits per heavy atom. The second kappa shape index (κ2) is 25.2. The van der Waals surface area contributed by atoms with E-state index in [1.54, 1.807) is 48.5 Å². The Balaban J connectivity index is 1.87. The van der Waals surface area contributed by atoms with Crippen molar-refractivity contribution in [3.63, 3.8) is 0 Å². The Hall–Kier alpha value is -7.37. The van der Waals surface area contributed by atoms with Gasteiger partial charge in [0.1, 0.15) is 54.7 Å². The molecule has 0 atom stereocenters. The molecule has 0 bridgehead atoms. The maximum Gasteiger partial charge on any atom is 0.348 e. The van der Waals surface area contributed by atoms with Crippen LogP contribution >= 0.6 is 0 Å². The maximum atomic E-state index is 13.4. The number of carboxylic acids is 1. The molecule has 66 heavy (non-hydrogen) atoms. The van der Waals surface area contributed by atoms with E-state index in [4.69, 9.17) is 19.3 Å². The Morgan fingerprint density at radius 2 is 0.848 bits per heavy atom. The minimum Gasteiger partial charge on any atom is -0.481 e. The van der Waals surface area contributed by atoms with Gasteiger partial charge in [0, 0.05) is 54.3 Å². The van der Waals surface area contributed by atoms with E-state index in [1.807, 2.05) is 54.3 Å². The van der Waals surface area contributed by atoms with Crippen molar-refractivity contribution in [2.24, 2.45) is 5.41 Å². The quantitative estimate of drug-likeness (QED) is 0.0409. The van der Waals surface area contributed by atoms with Crippen LogP contribution in [0.25, 0.3) is 18.2 Å². The summed E-state index contributed by atoms with van der Waals surface area (Å²) in [5.41, 5.74) is 1.98. The molecule has 0 aliphatic rings. The molecule has 348 valence electrons. The second-order valence-corrected chi connectivity index (χ2v) is 17.2. The first kappa shape index (κ1) is 53.0. The predicted molar refractivity (Wildman–Crippen MR) is 257 cm³/mol. The number of nitrogens with zero attached hydrogens (tertiary/aromatic N) is 6. The lowest BCUT2D eigenvalue weighted by Crippen LogP contribution is -2.37. The van der Waals surface area contributed by atoms with Gasteiger partial charge in [-0.2, -0.15) is 15.8 Å². The van der Waals surface area contributed by atoms with E-state index in [9.17, 15) is 35.0 Å². The lowest BCUT2D eigenvalue weighted by atomic mass is 9.94. The van der Waals surface area contributed by atoms with E-state index in [-0.39, 0.29) is 47.3 Å². The third-order valence-electron chi connectivity index (χ3n) is 10.5. The fourth-order valence-corrected chi connectivity index (χ4v) is 7.34. The smallest absolute Gasteiger partial charge is 0.348 e. The van der Waals surface area contributed by atoms with Gasteiger partial charge < -0.3 is 34.0 Å². The van der Waals surface area contributed by atoms with Crippen LogP contribution in [0.15, 0.2) is 89.5 Å². The molecule has 0 aliphatic heterocycles. The monoisotopic (exact) mass is 898 g/mol. The van der Waals surface area contributed by atoms with Crippen molar-refractivity contribution < 1.29 is 38.5 Å². The minimum atomic E-state index is -1.43. The number of hydrogen-bond acceptors (Lipinski definition) is 13. The number of hydrogen-bond donors (Lipinski definition) is 1. The van der Waals surface area contributed by atoms with Crippen LogP contribution in [0.3, 0.4) is 0 Å². The SMILES string of the molecule is CCN(CCC(=O)O)c1ccc(/C=C(\C#N)C(=O)OCC(C)(COC(=O)/C(C#N)=C/c2ccc(N(C(C)C)C(C)C)cc2)COC(=O)/C(C#N)=C/c2ccc(N(C(C)C)C(C)C)cc2)cc1. The maximum absolute atomic E-state index is 13.4. The van der Waals surface area contributed by atoms with Gasteiger partial charge in [-0.15, -0.1) is 0 Å². The summed E-state index contributed by atoms with van der Waals surface area (Å²) in [5.74, 6) is -3.88. The van der Waals surface area contributed by atoms with Crippen LogP contribution < -0.4 is 14.7 Å². The fraction of sp³-hybridized carbons (Fsp3) is 0.404. The molecule has 0 fully saturated rings. The number of ether oxygens (including phenoxy) is 3. The number of carbonyl (C=O) groups is 4. The first-order valence-electron chi connectivity index (χ1n) is 22.0. The zero-order chi connectivity index (χ0) is 49.1. The average molecular weight is 899 g/mol. The first-order valence-corrected chi connectivity index (χ1v) is 22.0. The normalized spacial score (nSPS) is 12.0. The van der Waals surface area contributed by atoms with Crippen LogP contribution in [-0.2, 0) is 33.4 Å². The topological polar surface area (TPSA) is 197 Å². The molecule has 0 spiro atoms. The zero-order valence-corrected chi connectivity index (χ0v) is 39.7. The molecule has 3 aromatic carbocycles. The summed E-state index contributed by atoms with van der Waals surface area (Å²) in [5, 5.41) is 39.0. The van der Waals surface area contributed by atoms with Crippen molar-refractivity contribution in [1.29, 1.82) is 15.8 Å². The molecule has 0 aromatic heterocycles. The molecule has 0 amide bonds. The molecule has 0 radical (unpaired) electrons. The van der Waals surface area contributed by atoms with Crippen molar-refractivity contribution >= 4 is 59.2 Å². The van der Waals surface area contributed by atoms with Crippen molar-refractivity contribution in [3.05, 3.63) is 106 Å². The summed E-state index contributed by atoms with van der Waals surface area (Å²) in [7, 11) is 0. The highest BCUT2D eigenvalue weighted by atomic mass is 16.6. The summed E-state index contributed by atoms with van der Waals surface area (Å²) >= 11 is 0. The molecule has 0 saturated heterocycles. The van der Waals surface area contributed by atoms with Gasteiger partial charge >= 0.3 is 23.9 Å². The van der Waals surface area contributed by atoms with Gasteiger partial charge in [-0.05, 0) is 141 Å². The van der Waals surface area contributed by atoms with Crippen molar-refractivity contribution in [2.75, 3.05) is 47.6 Å². The van der Waals surface area contributed by atoms with E-state index >= 15 is 0 Å². The molecule has 14 heteroatoms. The van der Waals surface area contributed by atoms with Gasteiger partial charge in [-0.3, -0.25) is 4.79 Å². The summed E-state index contributed by atoms with van der Waals surface area (Å²) in [6, 6.07) is 28.2. The molecule has 14 nitrogen and oxygen atoms in total. The molecular weight excluding hydrogens is 837 g/mol. The van der Waals surface area contributed by atoms with Crippen LogP contribution in [0, 0.1) is 39.4 Å². The number of anilines is 3. The number of aliphatic carboxylic acids is 1. The van der Waals surface area contributed by atoms with Gasteiger partial charge in [0.05, 0.1) is 11.8 Å². The highest BCUT2D eigenvalue weighted by Crippen LogP contribution is 2.26. The van der Waals surface area contributed by atoms with Crippen molar-refractivity contribution in [3.8, 4) is 18.2 Å². The summed E-state index contributed by atoms with van der Waals surface area (Å²) in [6.45, 7) is 19.5. The molecule has 0 heterocycles. The number of nitriles is 3.